The molecule has 1 aromatic carbocycles. The van der Waals surface area contributed by atoms with Crippen LogP contribution in [0.2, 0.25) is 0 Å². The summed E-state index contributed by atoms with van der Waals surface area (Å²) in [5.74, 6) is 1.27. The summed E-state index contributed by atoms with van der Waals surface area (Å²) < 4.78 is 0. The lowest BCUT2D eigenvalue weighted by Gasteiger charge is -2.11. The second kappa shape index (κ2) is 3.42. The van der Waals surface area contributed by atoms with Crippen LogP contribution in [0.15, 0.2) is 24.3 Å². The molecule has 0 aliphatic rings. The van der Waals surface area contributed by atoms with E-state index in [1.807, 2.05) is 24.3 Å². The summed E-state index contributed by atoms with van der Waals surface area (Å²) >= 11 is 0. The van der Waals surface area contributed by atoms with Crippen LogP contribution in [0.3, 0.4) is 0 Å². The van der Waals surface area contributed by atoms with Crippen molar-refractivity contribution >= 4 is 11.0 Å². The summed E-state index contributed by atoms with van der Waals surface area (Å²) in [5.41, 5.74) is 8.05. The Labute approximate surface area is 83.3 Å². The summed E-state index contributed by atoms with van der Waals surface area (Å²) in [5, 5.41) is 0. The molecule has 0 aliphatic carbocycles. The first-order chi connectivity index (χ1) is 6.68. The van der Waals surface area contributed by atoms with Gasteiger partial charge in [0, 0.05) is 0 Å². The van der Waals surface area contributed by atoms with Crippen LogP contribution in [-0.2, 0) is 0 Å². The highest BCUT2D eigenvalue weighted by molar-refractivity contribution is 5.74. The van der Waals surface area contributed by atoms with Crippen molar-refractivity contribution in [2.45, 2.75) is 19.9 Å². The highest BCUT2D eigenvalue weighted by atomic mass is 15.0. The van der Waals surface area contributed by atoms with Gasteiger partial charge in [0.15, 0.2) is 0 Å². The number of H-pyrrole nitrogens is 1. The van der Waals surface area contributed by atoms with E-state index in [-0.39, 0.29) is 6.04 Å². The molecule has 2 aromatic rings. The van der Waals surface area contributed by atoms with Gasteiger partial charge in [-0.25, -0.2) is 4.98 Å². The molecule has 0 fully saturated rings. The van der Waals surface area contributed by atoms with Gasteiger partial charge >= 0.3 is 0 Å². The first-order valence-electron chi connectivity index (χ1n) is 4.88. The first kappa shape index (κ1) is 9.21. The number of benzene rings is 1. The second-order valence-corrected chi connectivity index (χ2v) is 3.91. The summed E-state index contributed by atoms with van der Waals surface area (Å²) in [6.07, 6.45) is 0. The number of imidazole rings is 1. The standard InChI is InChI=1S/C11H15N3/c1-7(2)10(12)11-13-8-5-3-4-6-9(8)14-11/h3-7,10H,12H2,1-2H3,(H,13,14)/t10-/m0/s1. The van der Waals surface area contributed by atoms with Crippen molar-refractivity contribution < 1.29 is 0 Å². The van der Waals surface area contributed by atoms with E-state index >= 15 is 0 Å². The third-order valence-electron chi connectivity index (χ3n) is 2.44. The zero-order valence-corrected chi connectivity index (χ0v) is 8.49. The lowest BCUT2D eigenvalue weighted by molar-refractivity contribution is 0.495. The molecule has 3 N–H and O–H groups in total. The van der Waals surface area contributed by atoms with E-state index in [1.165, 1.54) is 0 Å². The summed E-state index contributed by atoms with van der Waals surface area (Å²) in [6, 6.07) is 7.96. The normalized spacial score (nSPS) is 13.7. The van der Waals surface area contributed by atoms with E-state index in [9.17, 15) is 0 Å². The maximum Gasteiger partial charge on any atom is 0.124 e. The summed E-state index contributed by atoms with van der Waals surface area (Å²) in [4.78, 5) is 7.69. The zero-order valence-electron chi connectivity index (χ0n) is 8.49. The Bertz CT molecular complexity index is 398. The van der Waals surface area contributed by atoms with E-state index in [2.05, 4.69) is 23.8 Å². The van der Waals surface area contributed by atoms with E-state index in [0.717, 1.165) is 16.9 Å². The second-order valence-electron chi connectivity index (χ2n) is 3.91. The van der Waals surface area contributed by atoms with E-state index in [0.29, 0.717) is 5.92 Å². The number of aromatic nitrogens is 2. The average molecular weight is 189 g/mol. The van der Waals surface area contributed by atoms with Crippen LogP contribution in [-0.4, -0.2) is 9.97 Å². The Morgan fingerprint density at radius 3 is 2.64 bits per heavy atom. The molecule has 2 rings (SSSR count). The fraction of sp³-hybridized carbons (Fsp3) is 0.364. The van der Waals surface area contributed by atoms with Crippen LogP contribution in [0.1, 0.15) is 25.7 Å². The molecule has 0 amide bonds. The number of hydrogen-bond donors (Lipinski definition) is 2. The van der Waals surface area contributed by atoms with Gasteiger partial charge in [-0.3, -0.25) is 0 Å². The smallest absolute Gasteiger partial charge is 0.124 e. The van der Waals surface area contributed by atoms with Crippen LogP contribution in [0.5, 0.6) is 0 Å². The van der Waals surface area contributed by atoms with Gasteiger partial charge in [0.1, 0.15) is 5.82 Å². The minimum Gasteiger partial charge on any atom is -0.341 e. The summed E-state index contributed by atoms with van der Waals surface area (Å²) in [6.45, 7) is 4.19. The minimum absolute atomic E-state index is 0.0117. The lowest BCUT2D eigenvalue weighted by Crippen LogP contribution is -2.17. The molecule has 1 atom stereocenters. The third kappa shape index (κ3) is 1.51. The van der Waals surface area contributed by atoms with Gasteiger partial charge in [-0.15, -0.1) is 0 Å². The van der Waals surface area contributed by atoms with Crippen molar-refractivity contribution in [3.8, 4) is 0 Å². The van der Waals surface area contributed by atoms with Gasteiger partial charge in [-0.05, 0) is 18.1 Å². The van der Waals surface area contributed by atoms with Gasteiger partial charge in [0.05, 0.1) is 17.1 Å². The number of rotatable bonds is 2. The molecule has 0 bridgehead atoms. The average Bonchev–Trinajstić information content (AvgIpc) is 2.59. The van der Waals surface area contributed by atoms with Crippen LogP contribution >= 0.6 is 0 Å². The zero-order chi connectivity index (χ0) is 10.1. The van der Waals surface area contributed by atoms with Gasteiger partial charge < -0.3 is 10.7 Å². The number of fused-ring (bicyclic) bond motifs is 1. The molecule has 14 heavy (non-hydrogen) atoms. The fourth-order valence-corrected chi connectivity index (χ4v) is 1.45. The van der Waals surface area contributed by atoms with Crippen LogP contribution < -0.4 is 5.73 Å². The van der Waals surface area contributed by atoms with Crippen molar-refractivity contribution in [3.63, 3.8) is 0 Å². The molecule has 1 aromatic heterocycles. The van der Waals surface area contributed by atoms with Gasteiger partial charge in [0.25, 0.3) is 0 Å². The number of nitrogens with two attached hydrogens (primary N) is 1. The maximum absolute atomic E-state index is 6.01. The molecule has 74 valence electrons. The number of hydrogen-bond acceptors (Lipinski definition) is 2. The maximum atomic E-state index is 6.01. The molecule has 0 saturated heterocycles. The Balaban J connectivity index is 2.45. The van der Waals surface area contributed by atoms with Crippen molar-refractivity contribution in [2.75, 3.05) is 0 Å². The van der Waals surface area contributed by atoms with E-state index in [4.69, 9.17) is 5.73 Å². The Hall–Kier alpha value is -1.35. The van der Waals surface area contributed by atoms with Crippen molar-refractivity contribution in [1.82, 2.24) is 9.97 Å². The molecular formula is C11H15N3. The van der Waals surface area contributed by atoms with Crippen LogP contribution in [0.4, 0.5) is 0 Å². The molecule has 3 heteroatoms. The lowest BCUT2D eigenvalue weighted by atomic mass is 10.1. The molecule has 1 heterocycles. The molecule has 0 unspecified atom stereocenters. The minimum atomic E-state index is -0.0117. The third-order valence-corrected chi connectivity index (χ3v) is 2.44. The summed E-state index contributed by atoms with van der Waals surface area (Å²) in [7, 11) is 0. The van der Waals surface area contributed by atoms with Crippen molar-refractivity contribution in [3.05, 3.63) is 30.1 Å². The molecule has 0 spiro atoms. The number of aromatic amines is 1. The quantitative estimate of drug-likeness (QED) is 0.761. The fourth-order valence-electron chi connectivity index (χ4n) is 1.45. The molecular weight excluding hydrogens is 174 g/mol. The van der Waals surface area contributed by atoms with Crippen molar-refractivity contribution in [2.24, 2.45) is 11.7 Å². The van der Waals surface area contributed by atoms with Crippen LogP contribution in [0.25, 0.3) is 11.0 Å². The first-order valence-corrected chi connectivity index (χ1v) is 4.88. The molecule has 3 nitrogen and oxygen atoms in total. The highest BCUT2D eigenvalue weighted by Gasteiger charge is 2.14. The Morgan fingerprint density at radius 1 is 1.29 bits per heavy atom. The molecule has 0 saturated carbocycles. The number of para-hydroxylation sites is 2. The molecule has 0 radical (unpaired) electrons. The SMILES string of the molecule is CC(C)[C@H](N)c1nc2ccccc2[nH]1. The van der Waals surface area contributed by atoms with Crippen molar-refractivity contribution in [1.29, 1.82) is 0 Å². The predicted molar refractivity (Wildman–Crippen MR) is 57.9 cm³/mol. The number of nitrogens with one attached hydrogen (secondary N) is 1. The highest BCUT2D eigenvalue weighted by Crippen LogP contribution is 2.19. The Morgan fingerprint density at radius 2 is 2.00 bits per heavy atom. The van der Waals surface area contributed by atoms with Gasteiger partial charge in [0.2, 0.25) is 0 Å². The largest absolute Gasteiger partial charge is 0.341 e. The van der Waals surface area contributed by atoms with Crippen LogP contribution in [0, 0.1) is 5.92 Å². The van der Waals surface area contributed by atoms with E-state index < -0.39 is 0 Å². The predicted octanol–water partition coefficient (Wildman–Crippen LogP) is 2.22. The monoisotopic (exact) mass is 189 g/mol. The van der Waals surface area contributed by atoms with E-state index in [1.54, 1.807) is 0 Å². The molecule has 0 aliphatic heterocycles. The van der Waals surface area contributed by atoms with Gasteiger partial charge in [-0.1, -0.05) is 26.0 Å². The Kier molecular flexibility index (Phi) is 2.25. The van der Waals surface area contributed by atoms with Gasteiger partial charge in [-0.2, -0.15) is 0 Å². The topological polar surface area (TPSA) is 54.7 Å². The number of nitrogens with zero attached hydrogens (tertiary/aromatic N) is 1.